The SMILES string of the molecule is CS(=O)C(C)(C)c1ccc(OCc2ccccc2)cc1. The van der Waals surface area contributed by atoms with E-state index < -0.39 is 10.8 Å². The summed E-state index contributed by atoms with van der Waals surface area (Å²) in [7, 11) is -0.908. The maximum Gasteiger partial charge on any atom is 0.119 e. The van der Waals surface area contributed by atoms with E-state index in [1.54, 1.807) is 6.26 Å². The molecule has 1 unspecified atom stereocenters. The number of ether oxygens (including phenoxy) is 1. The van der Waals surface area contributed by atoms with E-state index in [0.29, 0.717) is 6.61 Å². The summed E-state index contributed by atoms with van der Waals surface area (Å²) in [4.78, 5) is 0. The second-order valence-corrected chi connectivity index (χ2v) is 7.19. The standard InChI is InChI=1S/C17H20O2S/c1-17(2,20(3)18)15-9-11-16(12-10-15)19-13-14-7-5-4-6-8-14/h4-12H,13H2,1-3H3. The zero-order valence-electron chi connectivity index (χ0n) is 12.1. The van der Waals surface area contributed by atoms with Gasteiger partial charge >= 0.3 is 0 Å². The second kappa shape index (κ2) is 6.23. The van der Waals surface area contributed by atoms with Crippen LogP contribution in [0.1, 0.15) is 25.0 Å². The average molecular weight is 288 g/mol. The average Bonchev–Trinajstić information content (AvgIpc) is 2.46. The van der Waals surface area contributed by atoms with Crippen LogP contribution in [0.4, 0.5) is 0 Å². The molecule has 0 fully saturated rings. The van der Waals surface area contributed by atoms with Crippen LogP contribution in [0.3, 0.4) is 0 Å². The van der Waals surface area contributed by atoms with Crippen LogP contribution in [0, 0.1) is 0 Å². The molecule has 0 bridgehead atoms. The molecule has 0 aliphatic rings. The van der Waals surface area contributed by atoms with E-state index in [1.165, 1.54) is 0 Å². The molecule has 0 aliphatic carbocycles. The summed E-state index contributed by atoms with van der Waals surface area (Å²) in [6.07, 6.45) is 1.74. The topological polar surface area (TPSA) is 26.3 Å². The van der Waals surface area contributed by atoms with Crippen LogP contribution in [-0.2, 0) is 22.2 Å². The Kier molecular flexibility index (Phi) is 4.61. The summed E-state index contributed by atoms with van der Waals surface area (Å²) >= 11 is 0. The Labute approximate surface area is 123 Å². The lowest BCUT2D eigenvalue weighted by molar-refractivity contribution is 0.306. The predicted octanol–water partition coefficient (Wildman–Crippen LogP) is 3.88. The first kappa shape index (κ1) is 14.8. The highest BCUT2D eigenvalue weighted by atomic mass is 32.2. The summed E-state index contributed by atoms with van der Waals surface area (Å²) < 4.78 is 17.2. The fourth-order valence-electron chi connectivity index (χ4n) is 1.86. The molecule has 0 heterocycles. The zero-order valence-corrected chi connectivity index (χ0v) is 12.9. The Bertz CT molecular complexity index is 574. The number of hydrogen-bond donors (Lipinski definition) is 0. The fourth-order valence-corrected chi connectivity index (χ4v) is 2.33. The predicted molar refractivity (Wildman–Crippen MR) is 84.3 cm³/mol. The molecule has 2 nitrogen and oxygen atoms in total. The molecule has 0 amide bonds. The third kappa shape index (κ3) is 3.48. The van der Waals surface area contributed by atoms with E-state index in [0.717, 1.165) is 16.9 Å². The molecule has 0 saturated heterocycles. The molecular weight excluding hydrogens is 268 g/mol. The quantitative estimate of drug-likeness (QED) is 0.834. The molecule has 2 aromatic rings. The molecule has 106 valence electrons. The van der Waals surface area contributed by atoms with E-state index >= 15 is 0 Å². The van der Waals surface area contributed by atoms with Gasteiger partial charge in [-0.1, -0.05) is 42.5 Å². The molecule has 0 spiro atoms. The van der Waals surface area contributed by atoms with Gasteiger partial charge in [0.1, 0.15) is 12.4 Å². The van der Waals surface area contributed by atoms with Crippen LogP contribution in [-0.4, -0.2) is 10.5 Å². The minimum atomic E-state index is -0.908. The van der Waals surface area contributed by atoms with Gasteiger partial charge in [-0.2, -0.15) is 0 Å². The number of hydrogen-bond acceptors (Lipinski definition) is 2. The van der Waals surface area contributed by atoms with Gasteiger partial charge in [-0.3, -0.25) is 4.21 Å². The van der Waals surface area contributed by atoms with Gasteiger partial charge in [0, 0.05) is 17.1 Å². The van der Waals surface area contributed by atoms with Crippen LogP contribution in [0.2, 0.25) is 0 Å². The maximum atomic E-state index is 11.7. The summed E-state index contributed by atoms with van der Waals surface area (Å²) in [5, 5.41) is 0. The first-order valence-electron chi connectivity index (χ1n) is 6.61. The molecule has 0 aliphatic heterocycles. The fraction of sp³-hybridized carbons (Fsp3) is 0.294. The monoisotopic (exact) mass is 288 g/mol. The van der Waals surface area contributed by atoms with Crippen LogP contribution in [0.5, 0.6) is 5.75 Å². The van der Waals surface area contributed by atoms with Crippen LogP contribution in [0.15, 0.2) is 54.6 Å². The summed E-state index contributed by atoms with van der Waals surface area (Å²) in [6.45, 7) is 4.54. The molecule has 0 saturated carbocycles. The van der Waals surface area contributed by atoms with Gasteiger partial charge in [-0.05, 0) is 37.1 Å². The van der Waals surface area contributed by atoms with Gasteiger partial charge < -0.3 is 4.74 Å². The lowest BCUT2D eigenvalue weighted by Crippen LogP contribution is -2.22. The normalized spacial score (nSPS) is 12.9. The lowest BCUT2D eigenvalue weighted by atomic mass is 10.0. The summed E-state index contributed by atoms with van der Waals surface area (Å²) in [5.41, 5.74) is 2.21. The van der Waals surface area contributed by atoms with Crippen molar-refractivity contribution in [3.63, 3.8) is 0 Å². The molecule has 2 aromatic carbocycles. The lowest BCUT2D eigenvalue weighted by Gasteiger charge is -2.22. The van der Waals surface area contributed by atoms with E-state index in [9.17, 15) is 4.21 Å². The molecule has 2 rings (SSSR count). The highest BCUT2D eigenvalue weighted by Crippen LogP contribution is 2.28. The van der Waals surface area contributed by atoms with Crippen molar-refractivity contribution in [2.75, 3.05) is 6.26 Å². The molecule has 0 N–H and O–H groups in total. The molecule has 20 heavy (non-hydrogen) atoms. The Hall–Kier alpha value is -1.61. The van der Waals surface area contributed by atoms with Gasteiger partial charge in [-0.15, -0.1) is 0 Å². The van der Waals surface area contributed by atoms with Crippen molar-refractivity contribution in [2.45, 2.75) is 25.2 Å². The smallest absolute Gasteiger partial charge is 0.119 e. The van der Waals surface area contributed by atoms with Crippen molar-refractivity contribution in [1.29, 1.82) is 0 Å². The Balaban J connectivity index is 2.04. The van der Waals surface area contributed by atoms with E-state index in [2.05, 4.69) is 0 Å². The Morgan fingerprint density at radius 1 is 1.00 bits per heavy atom. The first-order valence-corrected chi connectivity index (χ1v) is 8.17. The number of rotatable bonds is 5. The summed E-state index contributed by atoms with van der Waals surface area (Å²) in [5.74, 6) is 0.829. The van der Waals surface area contributed by atoms with Crippen molar-refractivity contribution in [1.82, 2.24) is 0 Å². The van der Waals surface area contributed by atoms with Gasteiger partial charge in [-0.25, -0.2) is 0 Å². The van der Waals surface area contributed by atoms with E-state index in [1.807, 2.05) is 68.4 Å². The molecule has 0 aromatic heterocycles. The van der Waals surface area contributed by atoms with Crippen molar-refractivity contribution >= 4 is 10.8 Å². The van der Waals surface area contributed by atoms with Crippen molar-refractivity contribution < 1.29 is 8.95 Å². The van der Waals surface area contributed by atoms with E-state index in [-0.39, 0.29) is 4.75 Å². The number of benzene rings is 2. The van der Waals surface area contributed by atoms with Gasteiger partial charge in [0.05, 0.1) is 4.75 Å². The largest absolute Gasteiger partial charge is 0.489 e. The summed E-state index contributed by atoms with van der Waals surface area (Å²) in [6, 6.07) is 17.9. The second-order valence-electron chi connectivity index (χ2n) is 5.26. The maximum absolute atomic E-state index is 11.7. The first-order chi connectivity index (χ1) is 9.50. The van der Waals surface area contributed by atoms with Crippen molar-refractivity contribution in [2.24, 2.45) is 0 Å². The highest BCUT2D eigenvalue weighted by Gasteiger charge is 2.24. The highest BCUT2D eigenvalue weighted by molar-refractivity contribution is 7.85. The molecule has 3 heteroatoms. The van der Waals surface area contributed by atoms with Crippen LogP contribution < -0.4 is 4.74 Å². The Morgan fingerprint density at radius 2 is 1.60 bits per heavy atom. The van der Waals surface area contributed by atoms with E-state index in [4.69, 9.17) is 4.74 Å². The van der Waals surface area contributed by atoms with Crippen molar-refractivity contribution in [3.05, 3.63) is 65.7 Å². The zero-order chi connectivity index (χ0) is 14.6. The van der Waals surface area contributed by atoms with Gasteiger partial charge in [0.25, 0.3) is 0 Å². The van der Waals surface area contributed by atoms with Gasteiger partial charge in [0.15, 0.2) is 0 Å². The van der Waals surface area contributed by atoms with Crippen LogP contribution in [0.25, 0.3) is 0 Å². The third-order valence-corrected chi connectivity index (χ3v) is 5.19. The Morgan fingerprint density at radius 3 is 2.15 bits per heavy atom. The minimum absolute atomic E-state index is 0.335. The third-order valence-electron chi connectivity index (χ3n) is 3.52. The molecule has 0 radical (unpaired) electrons. The van der Waals surface area contributed by atoms with Crippen LogP contribution >= 0.6 is 0 Å². The molecule has 1 atom stereocenters. The van der Waals surface area contributed by atoms with Gasteiger partial charge in [0.2, 0.25) is 0 Å². The minimum Gasteiger partial charge on any atom is -0.489 e. The molecular formula is C17H20O2S. The van der Waals surface area contributed by atoms with Crippen molar-refractivity contribution in [3.8, 4) is 5.75 Å².